The van der Waals surface area contributed by atoms with Crippen molar-refractivity contribution >= 4 is 52.9 Å². The van der Waals surface area contributed by atoms with Gasteiger partial charge in [0.15, 0.2) is 8.07 Å². The second-order valence-corrected chi connectivity index (χ2v) is 17.5. The van der Waals surface area contributed by atoms with Crippen LogP contribution in [-0.2, 0) is 0 Å². The molecule has 0 heterocycles. The minimum atomic E-state index is -2.67. The topological polar surface area (TPSA) is 0 Å². The Bertz CT molecular complexity index is 1790. The van der Waals surface area contributed by atoms with Crippen molar-refractivity contribution in [3.05, 3.63) is 164 Å². The first kappa shape index (κ1) is 26.4. The molecule has 0 radical (unpaired) electrons. The Morgan fingerprint density at radius 3 is 1.34 bits per heavy atom. The lowest BCUT2D eigenvalue weighted by molar-refractivity contribution is 1.69. The SMILES string of the molecule is C[Si@@](C#CC#C[Si](c1ccccc1)(c1ccccc1)c1ccccc1)(c1ccccc1)c1cccc2ccccc12. The Balaban J connectivity index is 1.57. The van der Waals surface area contributed by atoms with Gasteiger partial charge in [-0.2, -0.15) is 0 Å². The zero-order chi connectivity index (χ0) is 28.0. The maximum atomic E-state index is 3.83. The molecule has 2 heteroatoms. The first-order chi connectivity index (χ1) is 20.2. The molecule has 0 bridgehead atoms. The van der Waals surface area contributed by atoms with Crippen molar-refractivity contribution in [2.45, 2.75) is 6.55 Å². The lowest BCUT2D eigenvalue weighted by Gasteiger charge is -2.28. The lowest BCUT2D eigenvalue weighted by atomic mass is 10.1. The van der Waals surface area contributed by atoms with Crippen molar-refractivity contribution in [1.82, 2.24) is 0 Å². The molecule has 41 heavy (non-hydrogen) atoms. The predicted octanol–water partition coefficient (Wildman–Crippen LogP) is 5.29. The van der Waals surface area contributed by atoms with Crippen molar-refractivity contribution in [1.29, 1.82) is 0 Å². The fraction of sp³-hybridized carbons (Fsp3) is 0.0256. The molecular formula is C39H30Si2. The maximum Gasteiger partial charge on any atom is 0.231 e. The molecule has 0 saturated carbocycles. The summed E-state index contributed by atoms with van der Waals surface area (Å²) in [6.45, 7) is 2.36. The standard InChI is InChI=1S/C39H30Si2/c1-40(34-21-6-2-7-22-34,39-30-18-20-33-19-14-15-29-38(33)39)31-16-17-32-41(35-23-8-3-9-24-35,36-25-10-4-11-26-36)37-27-12-5-13-28-37/h2-15,18-30H,1H3/t40-/m1/s1. The first-order valence-corrected chi connectivity index (χ1v) is 18.5. The van der Waals surface area contributed by atoms with E-state index in [9.17, 15) is 0 Å². The average molecular weight is 555 g/mol. The van der Waals surface area contributed by atoms with Crippen molar-refractivity contribution < 1.29 is 0 Å². The summed E-state index contributed by atoms with van der Waals surface area (Å²) in [7, 11) is -5.12. The van der Waals surface area contributed by atoms with Gasteiger partial charge in [0.2, 0.25) is 8.07 Å². The normalized spacial score (nSPS) is 12.3. The summed E-state index contributed by atoms with van der Waals surface area (Å²) >= 11 is 0. The fourth-order valence-corrected chi connectivity index (χ4v) is 12.5. The zero-order valence-corrected chi connectivity index (χ0v) is 25.1. The Morgan fingerprint density at radius 1 is 0.390 bits per heavy atom. The van der Waals surface area contributed by atoms with Crippen molar-refractivity contribution in [2.75, 3.05) is 0 Å². The monoisotopic (exact) mass is 554 g/mol. The van der Waals surface area contributed by atoms with E-state index in [0.717, 1.165) is 0 Å². The Hall–Kier alpha value is -4.87. The third-order valence-electron chi connectivity index (χ3n) is 7.92. The van der Waals surface area contributed by atoms with Gasteiger partial charge in [-0.25, -0.2) is 0 Å². The van der Waals surface area contributed by atoms with Crippen LogP contribution in [0.15, 0.2) is 164 Å². The highest BCUT2D eigenvalue weighted by Crippen LogP contribution is 2.16. The van der Waals surface area contributed by atoms with Crippen molar-refractivity contribution in [3.63, 3.8) is 0 Å². The summed E-state index contributed by atoms with van der Waals surface area (Å²) in [4.78, 5) is 0. The van der Waals surface area contributed by atoms with Gasteiger partial charge >= 0.3 is 0 Å². The molecule has 0 N–H and O–H groups in total. The molecule has 0 aliphatic heterocycles. The van der Waals surface area contributed by atoms with Gasteiger partial charge in [0, 0.05) is 0 Å². The zero-order valence-electron chi connectivity index (χ0n) is 23.1. The van der Waals surface area contributed by atoms with E-state index in [2.05, 4.69) is 193 Å². The molecule has 0 spiro atoms. The smallest absolute Gasteiger partial charge is 0.106 e. The van der Waals surface area contributed by atoms with E-state index >= 15 is 0 Å². The molecule has 6 aromatic rings. The molecule has 0 aliphatic carbocycles. The molecule has 0 fully saturated rings. The Labute approximate surface area is 245 Å². The first-order valence-electron chi connectivity index (χ1n) is 14.0. The van der Waals surface area contributed by atoms with Crippen molar-refractivity contribution in [2.24, 2.45) is 0 Å². The van der Waals surface area contributed by atoms with Gasteiger partial charge in [0.1, 0.15) is 0 Å². The van der Waals surface area contributed by atoms with Gasteiger partial charge < -0.3 is 0 Å². The number of hydrogen-bond donors (Lipinski definition) is 0. The van der Waals surface area contributed by atoms with Crippen LogP contribution >= 0.6 is 0 Å². The highest BCUT2D eigenvalue weighted by Gasteiger charge is 2.38. The second kappa shape index (κ2) is 11.7. The minimum absolute atomic E-state index is 1.25. The van der Waals surface area contributed by atoms with Gasteiger partial charge in [0.05, 0.1) is 0 Å². The van der Waals surface area contributed by atoms with E-state index in [4.69, 9.17) is 0 Å². The minimum Gasteiger partial charge on any atom is -0.106 e. The molecule has 0 unspecified atom stereocenters. The Kier molecular flexibility index (Phi) is 7.53. The molecule has 0 amide bonds. The van der Waals surface area contributed by atoms with Gasteiger partial charge in [-0.15, -0.1) is 11.1 Å². The molecule has 194 valence electrons. The van der Waals surface area contributed by atoms with E-state index in [-0.39, 0.29) is 0 Å². The number of rotatable bonds is 5. The van der Waals surface area contributed by atoms with Gasteiger partial charge in [0.25, 0.3) is 0 Å². The molecule has 6 aromatic carbocycles. The summed E-state index contributed by atoms with van der Waals surface area (Å²) < 4.78 is 0. The van der Waals surface area contributed by atoms with Crippen LogP contribution in [0.1, 0.15) is 0 Å². The van der Waals surface area contributed by atoms with E-state index < -0.39 is 16.1 Å². The van der Waals surface area contributed by atoms with Crippen LogP contribution in [0.25, 0.3) is 10.8 Å². The lowest BCUT2D eigenvalue weighted by Crippen LogP contribution is -2.66. The summed E-state index contributed by atoms with van der Waals surface area (Å²) in [5, 5.41) is 8.95. The van der Waals surface area contributed by atoms with Crippen LogP contribution in [-0.4, -0.2) is 16.1 Å². The van der Waals surface area contributed by atoms with E-state index in [1.165, 1.54) is 36.7 Å². The van der Waals surface area contributed by atoms with Crippen LogP contribution in [0, 0.1) is 22.9 Å². The largest absolute Gasteiger partial charge is 0.231 e. The van der Waals surface area contributed by atoms with Crippen LogP contribution in [0.2, 0.25) is 6.55 Å². The molecule has 0 aliphatic rings. The number of fused-ring (bicyclic) bond motifs is 1. The summed E-state index contributed by atoms with van der Waals surface area (Å²) in [5.74, 6) is 6.89. The highest BCUT2D eigenvalue weighted by molar-refractivity contribution is 7.16. The third-order valence-corrected chi connectivity index (χ3v) is 15.6. The fourth-order valence-electron chi connectivity index (χ4n) is 5.79. The van der Waals surface area contributed by atoms with Crippen LogP contribution in [0.4, 0.5) is 0 Å². The molecule has 0 nitrogen and oxygen atoms in total. The van der Waals surface area contributed by atoms with Crippen molar-refractivity contribution in [3.8, 4) is 22.9 Å². The van der Waals surface area contributed by atoms with Gasteiger partial charge in [-0.05, 0) is 48.5 Å². The molecular weight excluding hydrogens is 525 g/mol. The third kappa shape index (κ3) is 5.08. The quantitative estimate of drug-likeness (QED) is 0.154. The van der Waals surface area contributed by atoms with E-state index in [1.54, 1.807) is 0 Å². The number of hydrogen-bond acceptors (Lipinski definition) is 0. The van der Waals surface area contributed by atoms with Crippen LogP contribution < -0.4 is 25.9 Å². The maximum absolute atomic E-state index is 3.83. The number of benzene rings is 6. The molecule has 0 saturated heterocycles. The summed E-state index contributed by atoms with van der Waals surface area (Å²) in [6.07, 6.45) is 0. The molecule has 1 atom stereocenters. The second-order valence-electron chi connectivity index (χ2n) is 10.4. The highest BCUT2D eigenvalue weighted by atomic mass is 28.3. The van der Waals surface area contributed by atoms with E-state index in [1.807, 2.05) is 0 Å². The van der Waals surface area contributed by atoms with Crippen LogP contribution in [0.5, 0.6) is 0 Å². The van der Waals surface area contributed by atoms with Gasteiger partial charge in [-0.1, -0.05) is 170 Å². The average Bonchev–Trinajstić information content (AvgIpc) is 3.06. The molecule has 0 aromatic heterocycles. The summed E-state index contributed by atoms with van der Waals surface area (Å²) in [6, 6.07) is 58.4. The van der Waals surface area contributed by atoms with Crippen LogP contribution in [0.3, 0.4) is 0 Å². The van der Waals surface area contributed by atoms with Gasteiger partial charge in [-0.3, -0.25) is 0 Å². The Morgan fingerprint density at radius 2 is 0.805 bits per heavy atom. The van der Waals surface area contributed by atoms with E-state index in [0.29, 0.717) is 0 Å². The molecule has 6 rings (SSSR count). The predicted molar refractivity (Wildman–Crippen MR) is 181 cm³/mol. The summed E-state index contributed by atoms with van der Waals surface area (Å²) in [5.41, 5.74) is 7.62.